The van der Waals surface area contributed by atoms with E-state index in [0.717, 1.165) is 42.3 Å². The van der Waals surface area contributed by atoms with E-state index in [9.17, 15) is 5.11 Å². The summed E-state index contributed by atoms with van der Waals surface area (Å²) in [7, 11) is 1.70. The number of guanidine groups is 1. The number of aryl methyl sites for hydroxylation is 1. The minimum atomic E-state index is -0.488. The van der Waals surface area contributed by atoms with Gasteiger partial charge in [0.1, 0.15) is 5.75 Å². The van der Waals surface area contributed by atoms with E-state index in [0.29, 0.717) is 13.0 Å². The minimum Gasteiger partial charge on any atom is -0.496 e. The second-order valence-corrected chi connectivity index (χ2v) is 6.46. The lowest BCUT2D eigenvalue weighted by atomic mass is 10.1. The Hall–Kier alpha value is -1.80. The van der Waals surface area contributed by atoms with Gasteiger partial charge < -0.3 is 20.5 Å². The van der Waals surface area contributed by atoms with Crippen molar-refractivity contribution in [3.63, 3.8) is 0 Å². The summed E-state index contributed by atoms with van der Waals surface area (Å²) < 4.78 is 5.38. The Kier molecular flexibility index (Phi) is 11.6. The molecule has 3 N–H and O–H groups in total. The highest BCUT2D eigenvalue weighted by atomic mass is 127. The van der Waals surface area contributed by atoms with E-state index in [1.165, 1.54) is 5.56 Å². The number of nitrogens with zero attached hydrogens (tertiary/aromatic N) is 1. The first-order chi connectivity index (χ1) is 13.1. The van der Waals surface area contributed by atoms with Gasteiger partial charge in [0, 0.05) is 19.6 Å². The molecule has 0 bridgehead atoms. The molecule has 0 radical (unpaired) electrons. The second kappa shape index (κ2) is 13.4. The molecule has 0 aromatic heterocycles. The molecular weight excluding hydrogens is 465 g/mol. The maximum atomic E-state index is 10.2. The molecular formula is C22H32IN3O2. The molecule has 0 aliphatic carbocycles. The van der Waals surface area contributed by atoms with Gasteiger partial charge in [0.25, 0.3) is 0 Å². The number of rotatable bonds is 9. The van der Waals surface area contributed by atoms with E-state index in [1.54, 1.807) is 7.11 Å². The van der Waals surface area contributed by atoms with E-state index in [-0.39, 0.29) is 24.0 Å². The largest absolute Gasteiger partial charge is 0.496 e. The fourth-order valence-electron chi connectivity index (χ4n) is 2.83. The zero-order valence-electron chi connectivity index (χ0n) is 16.9. The quantitative estimate of drug-likeness (QED) is 0.280. The Morgan fingerprint density at radius 2 is 1.89 bits per heavy atom. The van der Waals surface area contributed by atoms with Crippen molar-refractivity contribution in [3.05, 3.63) is 65.2 Å². The molecule has 0 aliphatic heterocycles. The maximum Gasteiger partial charge on any atom is 0.191 e. The lowest BCUT2D eigenvalue weighted by Crippen LogP contribution is -2.38. The Bertz CT molecular complexity index is 723. The summed E-state index contributed by atoms with van der Waals surface area (Å²) in [5.74, 6) is 1.69. The molecule has 28 heavy (non-hydrogen) atoms. The van der Waals surface area contributed by atoms with E-state index in [2.05, 4.69) is 33.8 Å². The van der Waals surface area contributed by atoms with Crippen LogP contribution in [0.1, 0.15) is 36.1 Å². The van der Waals surface area contributed by atoms with Gasteiger partial charge in [0.05, 0.1) is 13.2 Å². The van der Waals surface area contributed by atoms with Crippen LogP contribution in [0.3, 0.4) is 0 Å². The third-order valence-corrected chi connectivity index (χ3v) is 4.38. The fraction of sp³-hybridized carbons (Fsp3) is 0.409. The Labute approximate surface area is 185 Å². The fourth-order valence-corrected chi connectivity index (χ4v) is 2.83. The van der Waals surface area contributed by atoms with Crippen LogP contribution < -0.4 is 15.4 Å². The first-order valence-corrected chi connectivity index (χ1v) is 9.52. The molecule has 154 valence electrons. The third-order valence-electron chi connectivity index (χ3n) is 4.38. The van der Waals surface area contributed by atoms with Gasteiger partial charge in [-0.05, 0) is 49.4 Å². The zero-order valence-corrected chi connectivity index (χ0v) is 19.3. The predicted octanol–water partition coefficient (Wildman–Crippen LogP) is 3.84. The van der Waals surface area contributed by atoms with Crippen LogP contribution >= 0.6 is 24.0 Å². The summed E-state index contributed by atoms with van der Waals surface area (Å²) in [6.45, 7) is 6.22. The van der Waals surface area contributed by atoms with Gasteiger partial charge in [-0.2, -0.15) is 0 Å². The van der Waals surface area contributed by atoms with Gasteiger partial charge >= 0.3 is 0 Å². The molecule has 0 fully saturated rings. The third kappa shape index (κ3) is 8.06. The number of nitrogens with one attached hydrogen (secondary N) is 2. The Morgan fingerprint density at radius 1 is 1.14 bits per heavy atom. The highest BCUT2D eigenvalue weighted by Crippen LogP contribution is 2.19. The summed E-state index contributed by atoms with van der Waals surface area (Å²) in [6.07, 6.45) is 0.988. The molecule has 0 heterocycles. The monoisotopic (exact) mass is 497 g/mol. The molecule has 1 atom stereocenters. The van der Waals surface area contributed by atoms with Gasteiger partial charge in [-0.25, -0.2) is 0 Å². The number of ether oxygens (including phenoxy) is 1. The highest BCUT2D eigenvalue weighted by Gasteiger charge is 2.06. The van der Waals surface area contributed by atoms with Gasteiger partial charge in [0.2, 0.25) is 0 Å². The first kappa shape index (κ1) is 24.2. The highest BCUT2D eigenvalue weighted by molar-refractivity contribution is 14.0. The van der Waals surface area contributed by atoms with E-state index >= 15 is 0 Å². The molecule has 0 aliphatic rings. The number of methoxy groups -OCH3 is 1. The Morgan fingerprint density at radius 3 is 2.57 bits per heavy atom. The minimum absolute atomic E-state index is 0. The normalized spacial score (nSPS) is 12.1. The summed E-state index contributed by atoms with van der Waals surface area (Å²) >= 11 is 0. The van der Waals surface area contributed by atoms with Crippen molar-refractivity contribution < 1.29 is 9.84 Å². The van der Waals surface area contributed by atoms with Crippen LogP contribution in [0.25, 0.3) is 0 Å². The maximum absolute atomic E-state index is 10.2. The molecule has 1 unspecified atom stereocenters. The van der Waals surface area contributed by atoms with E-state index in [1.807, 2.05) is 44.2 Å². The van der Waals surface area contributed by atoms with Crippen molar-refractivity contribution in [1.29, 1.82) is 0 Å². The number of hydrogen-bond acceptors (Lipinski definition) is 3. The standard InChI is InChI=1S/C22H31N3O2.HI/c1-4-23-22(25-15-13-20(26)19-8-6-5-7-9-19)24-14-12-18-11-10-17(2)21(16-18)27-3;/h5-11,16,20,26H,4,12-15H2,1-3H3,(H2,23,24,25);1H. The number of aliphatic hydroxyl groups is 1. The molecule has 2 aromatic rings. The summed E-state index contributed by atoms with van der Waals surface area (Å²) in [5.41, 5.74) is 3.29. The van der Waals surface area contributed by atoms with Gasteiger partial charge in [-0.3, -0.25) is 4.99 Å². The average molecular weight is 497 g/mol. The molecule has 0 saturated heterocycles. The number of aliphatic hydroxyl groups excluding tert-OH is 1. The summed E-state index contributed by atoms with van der Waals surface area (Å²) in [5, 5.41) is 16.8. The van der Waals surface area contributed by atoms with Crippen molar-refractivity contribution in [3.8, 4) is 5.75 Å². The lowest BCUT2D eigenvalue weighted by Gasteiger charge is -2.13. The van der Waals surface area contributed by atoms with Crippen LogP contribution in [0.15, 0.2) is 53.5 Å². The van der Waals surface area contributed by atoms with Gasteiger partial charge in [0.15, 0.2) is 5.96 Å². The number of benzene rings is 2. The van der Waals surface area contributed by atoms with E-state index < -0.39 is 6.10 Å². The summed E-state index contributed by atoms with van der Waals surface area (Å²) in [6, 6.07) is 16.0. The molecule has 2 rings (SSSR count). The van der Waals surface area contributed by atoms with E-state index in [4.69, 9.17) is 4.74 Å². The first-order valence-electron chi connectivity index (χ1n) is 9.52. The van der Waals surface area contributed by atoms with Crippen LogP contribution in [0, 0.1) is 6.92 Å². The van der Waals surface area contributed by atoms with Crippen molar-refractivity contribution in [2.24, 2.45) is 4.99 Å². The molecule has 0 amide bonds. The zero-order chi connectivity index (χ0) is 19.5. The van der Waals surface area contributed by atoms with Crippen LogP contribution in [-0.2, 0) is 6.42 Å². The van der Waals surface area contributed by atoms with Crippen molar-refractivity contribution >= 4 is 29.9 Å². The average Bonchev–Trinajstić information content (AvgIpc) is 2.69. The van der Waals surface area contributed by atoms with Crippen LogP contribution in [0.4, 0.5) is 0 Å². The topological polar surface area (TPSA) is 65.9 Å². The predicted molar refractivity (Wildman–Crippen MR) is 127 cm³/mol. The molecule has 6 heteroatoms. The summed E-state index contributed by atoms with van der Waals surface area (Å²) in [4.78, 5) is 4.57. The number of aliphatic imine (C=N–C) groups is 1. The number of halogens is 1. The van der Waals surface area contributed by atoms with Crippen LogP contribution in [0.2, 0.25) is 0 Å². The molecule has 0 saturated carbocycles. The van der Waals surface area contributed by atoms with Crippen LogP contribution in [-0.4, -0.2) is 37.8 Å². The lowest BCUT2D eigenvalue weighted by molar-refractivity contribution is 0.170. The van der Waals surface area contributed by atoms with Crippen molar-refractivity contribution in [2.45, 2.75) is 32.8 Å². The molecule has 2 aromatic carbocycles. The molecule has 0 spiro atoms. The van der Waals surface area contributed by atoms with Crippen LogP contribution in [0.5, 0.6) is 5.75 Å². The van der Waals surface area contributed by atoms with Gasteiger partial charge in [-0.1, -0.05) is 42.5 Å². The SMILES string of the molecule is CCNC(=NCCC(O)c1ccccc1)NCCc1ccc(C)c(OC)c1.I. The second-order valence-electron chi connectivity index (χ2n) is 6.46. The smallest absolute Gasteiger partial charge is 0.191 e. The van der Waals surface area contributed by atoms with Crippen molar-refractivity contribution in [1.82, 2.24) is 10.6 Å². The molecule has 5 nitrogen and oxygen atoms in total. The number of hydrogen-bond donors (Lipinski definition) is 3. The van der Waals surface area contributed by atoms with Gasteiger partial charge in [-0.15, -0.1) is 24.0 Å². The Balaban J connectivity index is 0.00000392. The van der Waals surface area contributed by atoms with Crippen molar-refractivity contribution in [2.75, 3.05) is 26.7 Å².